The van der Waals surface area contributed by atoms with Crippen LogP contribution in [0.4, 0.5) is 0 Å². The maximum Gasteiger partial charge on any atom is 0.214 e. The van der Waals surface area contributed by atoms with E-state index in [1.165, 1.54) is 12.1 Å². The van der Waals surface area contributed by atoms with E-state index in [1.807, 2.05) is 0 Å². The summed E-state index contributed by atoms with van der Waals surface area (Å²) in [6.45, 7) is 7.46. The Kier molecular flexibility index (Phi) is 13.4. The van der Waals surface area contributed by atoms with Gasteiger partial charge in [0.25, 0.3) is 0 Å². The predicted octanol–water partition coefficient (Wildman–Crippen LogP) is 6.22. The van der Waals surface area contributed by atoms with E-state index >= 15 is 0 Å². The molecule has 0 radical (unpaired) electrons. The van der Waals surface area contributed by atoms with E-state index < -0.39 is 9.84 Å². The van der Waals surface area contributed by atoms with Crippen molar-refractivity contribution in [3.63, 3.8) is 0 Å². The van der Waals surface area contributed by atoms with Crippen molar-refractivity contribution < 1.29 is 37.6 Å². The van der Waals surface area contributed by atoms with Crippen LogP contribution in [-0.2, 0) is 9.84 Å². The molecule has 0 heterocycles. The first-order chi connectivity index (χ1) is 17.6. The normalized spacial score (nSPS) is 11.2. The number of sulfone groups is 1. The van der Waals surface area contributed by atoms with Gasteiger partial charge in [0.1, 0.15) is 32.0 Å². The van der Waals surface area contributed by atoms with Crippen molar-refractivity contribution in [1.82, 2.24) is 0 Å². The van der Waals surface area contributed by atoms with Gasteiger partial charge in [-0.3, -0.25) is 0 Å². The number of benzene rings is 2. The monoisotopic (exact) mass is 790 g/mol. The van der Waals surface area contributed by atoms with Crippen LogP contribution >= 0.6 is 63.7 Å². The minimum Gasteiger partial charge on any atom is -0.491 e. The maximum atomic E-state index is 14.1. The van der Waals surface area contributed by atoms with E-state index in [0.717, 1.165) is 0 Å². The van der Waals surface area contributed by atoms with Crippen LogP contribution in [0, 0.1) is 0 Å². The summed E-state index contributed by atoms with van der Waals surface area (Å²) in [4.78, 5) is -0.332. The Morgan fingerprint density at radius 3 is 1.41 bits per heavy atom. The van der Waals surface area contributed by atoms with Gasteiger partial charge in [-0.1, -0.05) is 25.3 Å². The SMILES string of the molecule is C=CCOc1c(Br)cc(S(=O)(=O)c2cc(Br)c(OCC=C)c(Br)c2OCCCO)c(OCCCO)c1Br. The third-order valence-corrected chi connectivity index (χ3v) is 8.95. The zero-order chi connectivity index (χ0) is 27.6. The van der Waals surface area contributed by atoms with Crippen molar-refractivity contribution in [2.45, 2.75) is 22.6 Å². The molecule has 0 spiro atoms. The summed E-state index contributed by atoms with van der Waals surface area (Å²) in [7, 11) is -4.29. The largest absolute Gasteiger partial charge is 0.491 e. The van der Waals surface area contributed by atoms with Crippen LogP contribution in [0.5, 0.6) is 23.0 Å². The molecule has 0 aromatic heterocycles. The topological polar surface area (TPSA) is 112 Å². The molecule has 37 heavy (non-hydrogen) atoms. The highest BCUT2D eigenvalue weighted by Gasteiger charge is 2.33. The van der Waals surface area contributed by atoms with Crippen LogP contribution in [0.25, 0.3) is 0 Å². The number of aliphatic hydroxyl groups is 2. The molecule has 0 aliphatic rings. The molecule has 0 saturated carbocycles. The third kappa shape index (κ3) is 7.96. The second kappa shape index (κ2) is 15.5. The van der Waals surface area contributed by atoms with E-state index in [2.05, 4.69) is 76.9 Å². The molecule has 2 aromatic rings. The first-order valence-electron chi connectivity index (χ1n) is 10.9. The van der Waals surface area contributed by atoms with Gasteiger partial charge in [-0.2, -0.15) is 0 Å². The van der Waals surface area contributed by atoms with Gasteiger partial charge >= 0.3 is 0 Å². The number of rotatable bonds is 16. The average Bonchev–Trinajstić information content (AvgIpc) is 2.86. The molecular weight excluding hydrogens is 768 g/mol. The van der Waals surface area contributed by atoms with E-state index in [4.69, 9.17) is 18.9 Å². The lowest BCUT2D eigenvalue weighted by Crippen LogP contribution is -2.12. The fourth-order valence-corrected chi connectivity index (χ4v) is 8.02. The summed E-state index contributed by atoms with van der Waals surface area (Å²) in [5.41, 5.74) is 0. The summed E-state index contributed by atoms with van der Waals surface area (Å²) >= 11 is 13.6. The van der Waals surface area contributed by atoms with Gasteiger partial charge in [0.05, 0.1) is 22.2 Å². The smallest absolute Gasteiger partial charge is 0.214 e. The Bertz CT molecular complexity index is 1130. The predicted molar refractivity (Wildman–Crippen MR) is 155 cm³/mol. The van der Waals surface area contributed by atoms with Gasteiger partial charge in [0.2, 0.25) is 9.84 Å². The molecule has 0 fully saturated rings. The van der Waals surface area contributed by atoms with E-state index in [1.54, 1.807) is 12.2 Å². The van der Waals surface area contributed by atoms with Crippen molar-refractivity contribution in [3.05, 3.63) is 55.3 Å². The zero-order valence-electron chi connectivity index (χ0n) is 19.6. The maximum absolute atomic E-state index is 14.1. The van der Waals surface area contributed by atoms with E-state index in [9.17, 15) is 18.6 Å². The Balaban J connectivity index is 2.80. The lowest BCUT2D eigenvalue weighted by molar-refractivity contribution is 0.228. The first-order valence-corrected chi connectivity index (χ1v) is 15.5. The van der Waals surface area contributed by atoms with Crippen LogP contribution in [0.15, 0.2) is 65.1 Å². The molecule has 2 rings (SSSR count). The van der Waals surface area contributed by atoms with Gasteiger partial charge in [0, 0.05) is 26.1 Å². The Labute approximate surface area is 250 Å². The highest BCUT2D eigenvalue weighted by atomic mass is 79.9. The molecule has 0 unspecified atom stereocenters. The number of aliphatic hydroxyl groups excluding tert-OH is 2. The Morgan fingerprint density at radius 1 is 0.703 bits per heavy atom. The molecule has 0 bridgehead atoms. The minimum absolute atomic E-state index is 0.0104. The highest BCUT2D eigenvalue weighted by Crippen LogP contribution is 2.50. The molecule has 0 aliphatic carbocycles. The standard InChI is InChI=1S/C24H26Br4O8S/c1-3-9-33-21-15(25)13-17(23(19(21)27)35-11-5-7-29)37(31,32)18-14-16(26)22(34-10-4-2)20(28)24(18)36-12-6-8-30/h3-4,13-14,29-30H,1-2,5-12H2. The van der Waals surface area contributed by atoms with Crippen LogP contribution in [0.2, 0.25) is 0 Å². The fourth-order valence-electron chi connectivity index (χ4n) is 2.94. The second-order valence-electron chi connectivity index (χ2n) is 7.21. The molecule has 2 N–H and O–H groups in total. The minimum atomic E-state index is -4.29. The Hall–Kier alpha value is -1.09. The molecular formula is C24H26Br4O8S. The number of halogens is 4. The number of hydrogen-bond acceptors (Lipinski definition) is 8. The molecule has 204 valence electrons. The third-order valence-electron chi connectivity index (χ3n) is 4.56. The van der Waals surface area contributed by atoms with Gasteiger partial charge in [-0.05, 0) is 75.9 Å². The van der Waals surface area contributed by atoms with Gasteiger partial charge in [-0.25, -0.2) is 8.42 Å². The van der Waals surface area contributed by atoms with Crippen molar-refractivity contribution >= 4 is 73.6 Å². The lowest BCUT2D eigenvalue weighted by atomic mass is 10.3. The van der Waals surface area contributed by atoms with Crippen molar-refractivity contribution in [3.8, 4) is 23.0 Å². The molecule has 8 nitrogen and oxygen atoms in total. The van der Waals surface area contributed by atoms with Crippen molar-refractivity contribution in [1.29, 1.82) is 0 Å². The summed E-state index contributed by atoms with van der Waals surface area (Å²) in [5.74, 6) is 0.674. The lowest BCUT2D eigenvalue weighted by Gasteiger charge is -2.21. The van der Waals surface area contributed by atoms with E-state index in [-0.39, 0.29) is 82.7 Å². The molecule has 2 aromatic carbocycles. The summed E-state index contributed by atoms with van der Waals surface area (Å²) in [5, 5.41) is 18.4. The summed E-state index contributed by atoms with van der Waals surface area (Å²) in [6.07, 6.45) is 3.67. The first kappa shape index (κ1) is 32.1. The highest BCUT2D eigenvalue weighted by molar-refractivity contribution is 9.11. The molecule has 0 aliphatic heterocycles. The molecule has 0 atom stereocenters. The van der Waals surface area contributed by atoms with Gasteiger partial charge in [0.15, 0.2) is 23.0 Å². The van der Waals surface area contributed by atoms with Crippen LogP contribution < -0.4 is 18.9 Å². The summed E-state index contributed by atoms with van der Waals surface area (Å²) in [6, 6.07) is 2.77. The van der Waals surface area contributed by atoms with Gasteiger partial charge < -0.3 is 29.2 Å². The van der Waals surface area contributed by atoms with Gasteiger partial charge in [-0.15, -0.1) is 0 Å². The summed E-state index contributed by atoms with van der Waals surface area (Å²) < 4.78 is 52.6. The number of ether oxygens (including phenoxy) is 4. The zero-order valence-corrected chi connectivity index (χ0v) is 26.8. The molecule has 0 amide bonds. The average molecular weight is 794 g/mol. The van der Waals surface area contributed by atoms with Crippen molar-refractivity contribution in [2.75, 3.05) is 39.6 Å². The fraction of sp³-hybridized carbons (Fsp3) is 0.333. The quantitative estimate of drug-likeness (QED) is 0.152. The van der Waals surface area contributed by atoms with Crippen LogP contribution in [0.3, 0.4) is 0 Å². The van der Waals surface area contributed by atoms with Crippen LogP contribution in [0.1, 0.15) is 12.8 Å². The number of hydrogen-bond donors (Lipinski definition) is 2. The molecule has 13 heteroatoms. The van der Waals surface area contributed by atoms with Crippen molar-refractivity contribution in [2.24, 2.45) is 0 Å². The molecule has 0 saturated heterocycles. The van der Waals surface area contributed by atoms with E-state index in [0.29, 0.717) is 20.4 Å². The van der Waals surface area contributed by atoms with Crippen LogP contribution in [-0.4, -0.2) is 58.3 Å². The Morgan fingerprint density at radius 2 is 1.08 bits per heavy atom. The second-order valence-corrected chi connectivity index (χ2v) is 12.4.